The summed E-state index contributed by atoms with van der Waals surface area (Å²) in [5.41, 5.74) is 1.23. The van der Waals surface area contributed by atoms with Crippen molar-refractivity contribution in [1.29, 1.82) is 0 Å². The van der Waals surface area contributed by atoms with E-state index in [-0.39, 0.29) is 19.0 Å². The smallest absolute Gasteiger partial charge is 0.373 e. The first-order valence-corrected chi connectivity index (χ1v) is 8.47. The van der Waals surface area contributed by atoms with Gasteiger partial charge in [0.05, 0.1) is 18.8 Å². The van der Waals surface area contributed by atoms with Crippen LogP contribution in [0.2, 0.25) is 0 Å². The number of benzene rings is 1. The summed E-state index contributed by atoms with van der Waals surface area (Å²) >= 11 is 3.39. The zero-order valence-corrected chi connectivity index (χ0v) is 15.4. The van der Waals surface area contributed by atoms with Gasteiger partial charge >= 0.3 is 11.9 Å². The van der Waals surface area contributed by atoms with Crippen LogP contribution >= 0.6 is 15.9 Å². The molecule has 1 aliphatic rings. The maximum Gasteiger partial charge on any atom is 0.373 e. The van der Waals surface area contributed by atoms with Crippen LogP contribution in [0.5, 0.6) is 0 Å². The quantitative estimate of drug-likeness (QED) is 0.709. The Morgan fingerprint density at radius 1 is 1.08 bits per heavy atom. The van der Waals surface area contributed by atoms with Crippen LogP contribution in [0.4, 0.5) is 0 Å². The van der Waals surface area contributed by atoms with Gasteiger partial charge in [-0.2, -0.15) is 0 Å². The molecule has 0 spiro atoms. The lowest BCUT2D eigenvalue weighted by atomic mass is 9.88. The van der Waals surface area contributed by atoms with Crippen molar-refractivity contribution in [3.63, 3.8) is 0 Å². The second-order valence-electron chi connectivity index (χ2n) is 5.07. The van der Waals surface area contributed by atoms with Gasteiger partial charge in [0, 0.05) is 10.4 Å². The lowest BCUT2D eigenvalue weighted by Gasteiger charge is -2.25. The van der Waals surface area contributed by atoms with Crippen LogP contribution in [0.1, 0.15) is 32.3 Å². The number of allylic oxidation sites excluding steroid dienone is 2. The first kappa shape index (κ1) is 18.3. The molecular formula is C18H19BrO5. The van der Waals surface area contributed by atoms with Crippen LogP contribution in [0, 0.1) is 0 Å². The second kappa shape index (κ2) is 8.15. The van der Waals surface area contributed by atoms with E-state index in [0.29, 0.717) is 11.3 Å². The van der Waals surface area contributed by atoms with Gasteiger partial charge in [0.2, 0.25) is 5.76 Å². The topological polar surface area (TPSA) is 61.8 Å². The van der Waals surface area contributed by atoms with Gasteiger partial charge in [0.15, 0.2) is 0 Å². The van der Waals surface area contributed by atoms with E-state index >= 15 is 0 Å². The van der Waals surface area contributed by atoms with Crippen molar-refractivity contribution in [2.75, 3.05) is 13.2 Å². The fourth-order valence-electron chi connectivity index (χ4n) is 2.43. The number of carbonyl (C=O) groups is 2. The third kappa shape index (κ3) is 4.06. The van der Waals surface area contributed by atoms with Crippen LogP contribution < -0.4 is 0 Å². The molecule has 6 heteroatoms. The fraction of sp³-hybridized carbons (Fsp3) is 0.333. The average Bonchev–Trinajstić information content (AvgIpc) is 2.55. The molecule has 0 saturated heterocycles. The molecule has 1 heterocycles. The molecule has 128 valence electrons. The van der Waals surface area contributed by atoms with E-state index in [4.69, 9.17) is 14.2 Å². The molecule has 0 fully saturated rings. The van der Waals surface area contributed by atoms with E-state index in [1.807, 2.05) is 24.3 Å². The summed E-state index contributed by atoms with van der Waals surface area (Å²) < 4.78 is 16.6. The molecule has 0 saturated carbocycles. The molecule has 1 aromatic carbocycles. The summed E-state index contributed by atoms with van der Waals surface area (Å²) in [4.78, 5) is 24.4. The summed E-state index contributed by atoms with van der Waals surface area (Å²) in [6.45, 7) is 5.61. The first-order valence-electron chi connectivity index (χ1n) is 7.68. The Morgan fingerprint density at radius 3 is 2.25 bits per heavy atom. The predicted octanol–water partition coefficient (Wildman–Crippen LogP) is 3.85. The monoisotopic (exact) mass is 394 g/mol. The SMILES string of the molecule is CCOC(=O)C1=CC(c2ccc(Br)cc2)C(C(=O)OCC)=C(C)O1. The summed E-state index contributed by atoms with van der Waals surface area (Å²) in [7, 11) is 0. The maximum atomic E-state index is 12.3. The van der Waals surface area contributed by atoms with Crippen LogP contribution in [0.15, 0.2) is 51.9 Å². The van der Waals surface area contributed by atoms with E-state index in [1.165, 1.54) is 0 Å². The number of esters is 2. The van der Waals surface area contributed by atoms with Crippen LogP contribution in [0.25, 0.3) is 0 Å². The fourth-order valence-corrected chi connectivity index (χ4v) is 2.70. The van der Waals surface area contributed by atoms with Crippen molar-refractivity contribution in [1.82, 2.24) is 0 Å². The van der Waals surface area contributed by atoms with Crippen molar-refractivity contribution < 1.29 is 23.8 Å². The molecule has 1 aliphatic heterocycles. The Morgan fingerprint density at radius 2 is 1.67 bits per heavy atom. The summed E-state index contributed by atoms with van der Waals surface area (Å²) in [5, 5.41) is 0. The van der Waals surface area contributed by atoms with Crippen LogP contribution in [-0.2, 0) is 23.8 Å². The summed E-state index contributed by atoms with van der Waals surface area (Å²) in [6, 6.07) is 7.51. The van der Waals surface area contributed by atoms with E-state index in [0.717, 1.165) is 10.0 Å². The lowest BCUT2D eigenvalue weighted by Crippen LogP contribution is -2.23. The molecule has 0 aliphatic carbocycles. The van der Waals surface area contributed by atoms with Crippen molar-refractivity contribution in [3.05, 3.63) is 57.5 Å². The largest absolute Gasteiger partial charge is 0.463 e. The van der Waals surface area contributed by atoms with Gasteiger partial charge in [-0.15, -0.1) is 0 Å². The lowest BCUT2D eigenvalue weighted by molar-refractivity contribution is -0.143. The predicted molar refractivity (Wildman–Crippen MR) is 92.0 cm³/mol. The van der Waals surface area contributed by atoms with E-state index < -0.39 is 17.9 Å². The highest BCUT2D eigenvalue weighted by Crippen LogP contribution is 2.36. The van der Waals surface area contributed by atoms with E-state index in [9.17, 15) is 9.59 Å². The molecule has 1 aromatic rings. The standard InChI is InChI=1S/C18H19BrO5/c1-4-22-17(20)15-10-14(12-6-8-13(19)9-7-12)16(11(3)24-15)18(21)23-5-2/h6-10,14H,4-5H2,1-3H3. The van der Waals surface area contributed by atoms with Crippen molar-refractivity contribution >= 4 is 27.9 Å². The average molecular weight is 395 g/mol. The van der Waals surface area contributed by atoms with Crippen LogP contribution in [0.3, 0.4) is 0 Å². The number of hydrogen-bond acceptors (Lipinski definition) is 5. The van der Waals surface area contributed by atoms with Gasteiger partial charge in [-0.1, -0.05) is 28.1 Å². The third-order valence-electron chi connectivity index (χ3n) is 3.47. The molecule has 1 unspecified atom stereocenters. The highest BCUT2D eigenvalue weighted by Gasteiger charge is 2.32. The molecule has 1 atom stereocenters. The Hall–Kier alpha value is -2.08. The van der Waals surface area contributed by atoms with Crippen molar-refractivity contribution in [2.45, 2.75) is 26.7 Å². The number of halogens is 1. The summed E-state index contributed by atoms with van der Waals surface area (Å²) in [5.74, 6) is -1.03. The molecule has 0 N–H and O–H groups in total. The number of hydrogen-bond donors (Lipinski definition) is 0. The molecular weight excluding hydrogens is 376 g/mol. The van der Waals surface area contributed by atoms with Gasteiger partial charge in [0.1, 0.15) is 5.76 Å². The normalized spacial score (nSPS) is 17.0. The first-order chi connectivity index (χ1) is 11.5. The van der Waals surface area contributed by atoms with Gasteiger partial charge in [-0.05, 0) is 44.5 Å². The highest BCUT2D eigenvalue weighted by molar-refractivity contribution is 9.10. The Balaban J connectivity index is 2.46. The molecule has 5 nitrogen and oxygen atoms in total. The van der Waals surface area contributed by atoms with E-state index in [2.05, 4.69) is 15.9 Å². The van der Waals surface area contributed by atoms with Gasteiger partial charge in [-0.25, -0.2) is 9.59 Å². The Labute approximate surface area is 149 Å². The Kier molecular flexibility index (Phi) is 6.20. The minimum Gasteiger partial charge on any atom is -0.463 e. The molecule has 0 radical (unpaired) electrons. The third-order valence-corrected chi connectivity index (χ3v) is 4.00. The van der Waals surface area contributed by atoms with E-state index in [1.54, 1.807) is 26.8 Å². The number of carbonyl (C=O) groups excluding carboxylic acids is 2. The van der Waals surface area contributed by atoms with Crippen LogP contribution in [-0.4, -0.2) is 25.2 Å². The summed E-state index contributed by atoms with van der Waals surface area (Å²) in [6.07, 6.45) is 1.60. The number of ether oxygens (including phenoxy) is 3. The van der Waals surface area contributed by atoms with Gasteiger partial charge in [0.25, 0.3) is 0 Å². The van der Waals surface area contributed by atoms with Crippen molar-refractivity contribution in [3.8, 4) is 0 Å². The zero-order valence-electron chi connectivity index (χ0n) is 13.8. The zero-order chi connectivity index (χ0) is 17.7. The van der Waals surface area contributed by atoms with Gasteiger partial charge < -0.3 is 14.2 Å². The number of rotatable bonds is 5. The minimum atomic E-state index is -0.554. The van der Waals surface area contributed by atoms with Gasteiger partial charge in [-0.3, -0.25) is 0 Å². The maximum absolute atomic E-state index is 12.3. The second-order valence-corrected chi connectivity index (χ2v) is 5.99. The molecule has 0 aromatic heterocycles. The highest BCUT2D eigenvalue weighted by atomic mass is 79.9. The molecule has 2 rings (SSSR count). The van der Waals surface area contributed by atoms with Crippen molar-refractivity contribution in [2.24, 2.45) is 0 Å². The molecule has 24 heavy (non-hydrogen) atoms. The molecule has 0 bridgehead atoms. The molecule has 0 amide bonds. The minimum absolute atomic E-state index is 0.0790. The Bertz CT molecular complexity index is 688.